The highest BCUT2D eigenvalue weighted by Gasteiger charge is 2.28. The molecule has 1 rings (SSSR count). The summed E-state index contributed by atoms with van der Waals surface area (Å²) in [6, 6.07) is 0. The number of nitrogens with zero attached hydrogens (tertiary/aromatic N) is 4. The summed E-state index contributed by atoms with van der Waals surface area (Å²) in [7, 11) is 3.42. The van der Waals surface area contributed by atoms with E-state index in [0.717, 1.165) is 20.4 Å². The van der Waals surface area contributed by atoms with Gasteiger partial charge in [-0.05, 0) is 45.5 Å². The molecular formula is C11H12Br2N4. The van der Waals surface area contributed by atoms with Crippen LogP contribution < -0.4 is 0 Å². The van der Waals surface area contributed by atoms with Gasteiger partial charge in [-0.3, -0.25) is 20.0 Å². The number of allylic oxidation sites excluding steroid dienone is 2. The fourth-order valence-corrected chi connectivity index (χ4v) is 2.77. The number of aliphatic imine (C=N–C) groups is 4. The molecule has 0 bridgehead atoms. The van der Waals surface area contributed by atoms with Crippen molar-refractivity contribution in [2.75, 3.05) is 14.1 Å². The van der Waals surface area contributed by atoms with Crippen molar-refractivity contribution in [1.82, 2.24) is 0 Å². The van der Waals surface area contributed by atoms with Crippen LogP contribution in [-0.4, -0.2) is 38.5 Å². The SMILES string of the molecule is C=NC1=C(Br)C(=N/C)/C(=N\C)C(Br)=C1/N=C/C. The van der Waals surface area contributed by atoms with E-state index in [9.17, 15) is 0 Å². The molecule has 0 spiro atoms. The molecule has 0 fully saturated rings. The summed E-state index contributed by atoms with van der Waals surface area (Å²) in [6.07, 6.45) is 1.70. The van der Waals surface area contributed by atoms with Crippen molar-refractivity contribution in [1.29, 1.82) is 0 Å². The molecule has 0 amide bonds. The van der Waals surface area contributed by atoms with Crippen molar-refractivity contribution >= 4 is 56.2 Å². The molecule has 0 aromatic carbocycles. The molecule has 0 aliphatic heterocycles. The fourth-order valence-electron chi connectivity index (χ4n) is 1.44. The van der Waals surface area contributed by atoms with Crippen molar-refractivity contribution in [2.24, 2.45) is 20.0 Å². The average molecular weight is 360 g/mol. The zero-order chi connectivity index (χ0) is 13.0. The van der Waals surface area contributed by atoms with Crippen LogP contribution in [0.3, 0.4) is 0 Å². The predicted octanol–water partition coefficient (Wildman–Crippen LogP) is 3.15. The Kier molecular flexibility index (Phi) is 5.14. The average Bonchev–Trinajstić information content (AvgIpc) is 2.33. The monoisotopic (exact) mass is 358 g/mol. The van der Waals surface area contributed by atoms with Gasteiger partial charge in [-0.25, -0.2) is 0 Å². The summed E-state index contributed by atoms with van der Waals surface area (Å²) in [5, 5.41) is 0. The summed E-state index contributed by atoms with van der Waals surface area (Å²) in [4.78, 5) is 16.7. The van der Waals surface area contributed by atoms with E-state index in [1.807, 2.05) is 6.92 Å². The van der Waals surface area contributed by atoms with Gasteiger partial charge >= 0.3 is 0 Å². The molecule has 4 nitrogen and oxygen atoms in total. The first-order valence-electron chi connectivity index (χ1n) is 4.82. The highest BCUT2D eigenvalue weighted by molar-refractivity contribution is 9.12. The molecule has 90 valence electrons. The number of halogens is 2. The van der Waals surface area contributed by atoms with Gasteiger partial charge in [0.05, 0.1) is 20.4 Å². The van der Waals surface area contributed by atoms with E-state index in [1.54, 1.807) is 20.3 Å². The maximum Gasteiger partial charge on any atom is 0.106 e. The third-order valence-corrected chi connectivity index (χ3v) is 3.65. The molecule has 0 unspecified atom stereocenters. The van der Waals surface area contributed by atoms with Gasteiger partial charge in [0.1, 0.15) is 11.4 Å². The van der Waals surface area contributed by atoms with Crippen LogP contribution in [-0.2, 0) is 0 Å². The lowest BCUT2D eigenvalue weighted by molar-refractivity contribution is 1.24. The minimum atomic E-state index is 0.656. The third kappa shape index (κ3) is 2.52. The van der Waals surface area contributed by atoms with Crippen molar-refractivity contribution in [3.05, 3.63) is 20.4 Å². The molecule has 0 aromatic heterocycles. The molecule has 1 aliphatic rings. The first kappa shape index (κ1) is 14.2. The zero-order valence-corrected chi connectivity index (χ0v) is 13.0. The molecule has 0 atom stereocenters. The van der Waals surface area contributed by atoms with E-state index in [1.165, 1.54) is 0 Å². The summed E-state index contributed by atoms with van der Waals surface area (Å²) < 4.78 is 1.52. The maximum absolute atomic E-state index is 4.28. The van der Waals surface area contributed by atoms with Crippen molar-refractivity contribution < 1.29 is 0 Å². The minimum absolute atomic E-state index is 0.656. The highest BCUT2D eigenvalue weighted by atomic mass is 79.9. The van der Waals surface area contributed by atoms with Crippen molar-refractivity contribution in [3.8, 4) is 0 Å². The Bertz CT molecular complexity index is 496. The van der Waals surface area contributed by atoms with Crippen LogP contribution in [0.5, 0.6) is 0 Å². The van der Waals surface area contributed by atoms with Gasteiger partial charge in [-0.15, -0.1) is 0 Å². The second kappa shape index (κ2) is 6.16. The van der Waals surface area contributed by atoms with E-state index < -0.39 is 0 Å². The predicted molar refractivity (Wildman–Crippen MR) is 82.3 cm³/mol. The van der Waals surface area contributed by atoms with E-state index in [0.29, 0.717) is 11.4 Å². The first-order chi connectivity index (χ1) is 8.12. The zero-order valence-electron chi connectivity index (χ0n) is 9.83. The molecule has 0 saturated heterocycles. The molecule has 0 saturated carbocycles. The topological polar surface area (TPSA) is 49.4 Å². The van der Waals surface area contributed by atoms with Gasteiger partial charge in [0, 0.05) is 20.3 Å². The molecule has 17 heavy (non-hydrogen) atoms. The van der Waals surface area contributed by atoms with Crippen LogP contribution in [0.25, 0.3) is 0 Å². The van der Waals surface area contributed by atoms with Crippen molar-refractivity contribution in [2.45, 2.75) is 6.92 Å². The van der Waals surface area contributed by atoms with Gasteiger partial charge in [-0.1, -0.05) is 0 Å². The second-order valence-corrected chi connectivity index (χ2v) is 4.60. The largest absolute Gasteiger partial charge is 0.285 e. The van der Waals surface area contributed by atoms with E-state index in [2.05, 4.69) is 58.5 Å². The standard InChI is InChI=1S/C11H12Br2N4/c1-5-17-11-7(13)9(15-3)8(14-2)6(12)10(11)16-4/h5H,4H2,1-3H3/b14-8-,15-9-,17-5+. The molecule has 0 aromatic rings. The molecular weight excluding hydrogens is 348 g/mol. The molecule has 6 heteroatoms. The first-order valence-corrected chi connectivity index (χ1v) is 6.40. The Morgan fingerprint density at radius 2 is 1.47 bits per heavy atom. The van der Waals surface area contributed by atoms with E-state index in [4.69, 9.17) is 0 Å². The lowest BCUT2D eigenvalue weighted by atomic mass is 10.0. The van der Waals surface area contributed by atoms with Crippen LogP contribution in [0.4, 0.5) is 0 Å². The normalized spacial score (nSPS) is 22.2. The highest BCUT2D eigenvalue weighted by Crippen LogP contribution is 2.34. The van der Waals surface area contributed by atoms with Crippen LogP contribution in [0.1, 0.15) is 6.92 Å². The number of rotatable bonds is 2. The Labute approximate surface area is 117 Å². The summed E-state index contributed by atoms with van der Waals surface area (Å²) >= 11 is 6.95. The Morgan fingerprint density at radius 3 is 1.82 bits per heavy atom. The summed E-state index contributed by atoms with van der Waals surface area (Å²) in [6.45, 7) is 5.40. The molecule has 0 radical (unpaired) electrons. The van der Waals surface area contributed by atoms with Crippen LogP contribution in [0.2, 0.25) is 0 Å². The summed E-state index contributed by atoms with van der Waals surface area (Å²) in [5.74, 6) is 0. The number of hydrogen-bond acceptors (Lipinski definition) is 4. The van der Waals surface area contributed by atoms with Crippen LogP contribution >= 0.6 is 31.9 Å². The van der Waals surface area contributed by atoms with E-state index >= 15 is 0 Å². The lowest BCUT2D eigenvalue weighted by Gasteiger charge is -2.18. The second-order valence-electron chi connectivity index (χ2n) is 3.02. The van der Waals surface area contributed by atoms with Gasteiger partial charge in [-0.2, -0.15) is 0 Å². The van der Waals surface area contributed by atoms with Gasteiger partial charge in [0.25, 0.3) is 0 Å². The number of hydrogen-bond donors (Lipinski definition) is 0. The van der Waals surface area contributed by atoms with Crippen LogP contribution in [0.15, 0.2) is 40.3 Å². The molecule has 1 aliphatic carbocycles. The quantitative estimate of drug-likeness (QED) is 0.537. The molecule has 0 N–H and O–H groups in total. The van der Waals surface area contributed by atoms with Gasteiger partial charge in [0.15, 0.2) is 0 Å². The summed E-state index contributed by atoms with van der Waals surface area (Å²) in [5.41, 5.74) is 2.83. The fraction of sp³-hybridized carbons (Fsp3) is 0.273. The Hall–Kier alpha value is -0.880. The van der Waals surface area contributed by atoms with Crippen molar-refractivity contribution in [3.63, 3.8) is 0 Å². The maximum atomic E-state index is 4.28. The Morgan fingerprint density at radius 1 is 1.00 bits per heavy atom. The van der Waals surface area contributed by atoms with Gasteiger partial charge in [0.2, 0.25) is 0 Å². The van der Waals surface area contributed by atoms with Gasteiger partial charge < -0.3 is 0 Å². The Balaban J connectivity index is 3.62. The smallest absolute Gasteiger partial charge is 0.106 e. The lowest BCUT2D eigenvalue weighted by Crippen LogP contribution is -2.21. The molecule has 0 heterocycles. The van der Waals surface area contributed by atoms with Crippen LogP contribution in [0, 0.1) is 0 Å². The third-order valence-electron chi connectivity index (χ3n) is 2.14. The minimum Gasteiger partial charge on any atom is -0.285 e. The van der Waals surface area contributed by atoms with E-state index in [-0.39, 0.29) is 0 Å².